The maximum absolute atomic E-state index is 4.13. The number of aryl methyl sites for hydroxylation is 1. The zero-order valence-electron chi connectivity index (χ0n) is 10.7. The molecule has 0 aliphatic rings. The van der Waals surface area contributed by atoms with E-state index < -0.39 is 0 Å². The fourth-order valence-electron chi connectivity index (χ4n) is 1.57. The van der Waals surface area contributed by atoms with E-state index in [9.17, 15) is 0 Å². The Morgan fingerprint density at radius 1 is 1.50 bits per heavy atom. The van der Waals surface area contributed by atoms with Crippen LogP contribution >= 0.6 is 0 Å². The number of anilines is 1. The van der Waals surface area contributed by atoms with Gasteiger partial charge < -0.3 is 5.32 Å². The van der Waals surface area contributed by atoms with Crippen LogP contribution in [0.1, 0.15) is 39.2 Å². The fraction of sp³-hybridized carbons (Fsp3) is 0.500. The molecule has 2 nitrogen and oxygen atoms in total. The molecule has 1 rings (SSSR count). The van der Waals surface area contributed by atoms with Gasteiger partial charge >= 0.3 is 0 Å². The molecule has 0 aliphatic heterocycles. The number of pyridine rings is 1. The van der Waals surface area contributed by atoms with Gasteiger partial charge in [-0.2, -0.15) is 0 Å². The topological polar surface area (TPSA) is 24.9 Å². The number of nitrogens with one attached hydrogen (secondary N) is 1. The summed E-state index contributed by atoms with van der Waals surface area (Å²) in [6.07, 6.45) is 8.30. The molecule has 0 radical (unpaired) electrons. The summed E-state index contributed by atoms with van der Waals surface area (Å²) >= 11 is 0. The van der Waals surface area contributed by atoms with E-state index in [1.807, 2.05) is 18.5 Å². The third kappa shape index (κ3) is 4.47. The number of rotatable bonds is 5. The molecule has 0 bridgehead atoms. The molecule has 0 saturated carbocycles. The quantitative estimate of drug-likeness (QED) is 0.757. The van der Waals surface area contributed by atoms with Gasteiger partial charge in [0.25, 0.3) is 0 Å². The first-order valence-electron chi connectivity index (χ1n) is 5.90. The summed E-state index contributed by atoms with van der Waals surface area (Å²) < 4.78 is 0. The lowest BCUT2D eigenvalue weighted by Gasteiger charge is -2.15. The molecule has 1 atom stereocenters. The first-order chi connectivity index (χ1) is 7.59. The van der Waals surface area contributed by atoms with Gasteiger partial charge in [-0.15, -0.1) is 0 Å². The molecule has 0 spiro atoms. The normalized spacial score (nSPS) is 12.0. The van der Waals surface area contributed by atoms with Crippen molar-refractivity contribution in [2.24, 2.45) is 0 Å². The van der Waals surface area contributed by atoms with Crippen LogP contribution in [0.15, 0.2) is 30.1 Å². The lowest BCUT2D eigenvalue weighted by Crippen LogP contribution is -2.15. The van der Waals surface area contributed by atoms with E-state index in [-0.39, 0.29) is 0 Å². The third-order valence-corrected chi connectivity index (χ3v) is 2.59. The zero-order valence-corrected chi connectivity index (χ0v) is 10.7. The van der Waals surface area contributed by atoms with Crippen molar-refractivity contribution in [3.05, 3.63) is 35.7 Å². The van der Waals surface area contributed by atoms with Crippen LogP contribution in [0.25, 0.3) is 0 Å². The molecule has 1 heterocycles. The molecule has 0 aromatic carbocycles. The summed E-state index contributed by atoms with van der Waals surface area (Å²) in [6.45, 7) is 8.60. The minimum Gasteiger partial charge on any atom is -0.381 e. The molecular weight excluding hydrogens is 196 g/mol. The lowest BCUT2D eigenvalue weighted by atomic mass is 10.1. The van der Waals surface area contributed by atoms with Crippen LogP contribution in [0, 0.1) is 6.92 Å². The average molecular weight is 218 g/mol. The molecule has 16 heavy (non-hydrogen) atoms. The minimum absolute atomic E-state index is 0.485. The highest BCUT2D eigenvalue weighted by atomic mass is 14.9. The van der Waals surface area contributed by atoms with Crippen LogP contribution in [-0.4, -0.2) is 11.0 Å². The molecule has 0 fully saturated rings. The van der Waals surface area contributed by atoms with Crippen molar-refractivity contribution in [2.75, 3.05) is 5.32 Å². The summed E-state index contributed by atoms with van der Waals surface area (Å²) in [5, 5.41) is 3.49. The van der Waals surface area contributed by atoms with Crippen LogP contribution in [-0.2, 0) is 0 Å². The van der Waals surface area contributed by atoms with Gasteiger partial charge in [-0.25, -0.2) is 0 Å². The van der Waals surface area contributed by atoms with Gasteiger partial charge in [0, 0.05) is 12.2 Å². The van der Waals surface area contributed by atoms with Crippen LogP contribution in [0.4, 0.5) is 5.69 Å². The van der Waals surface area contributed by atoms with Gasteiger partial charge in [-0.05, 0) is 52.2 Å². The third-order valence-electron chi connectivity index (χ3n) is 2.59. The number of hydrogen-bond donors (Lipinski definition) is 1. The Kier molecular flexibility index (Phi) is 5.03. The van der Waals surface area contributed by atoms with E-state index in [4.69, 9.17) is 0 Å². The Labute approximate surface area is 98.8 Å². The molecular formula is C14H22N2. The SMILES string of the molecule is CC(C)=CCCC(C)Nc1cnccc1C. The van der Waals surface area contributed by atoms with Crippen molar-refractivity contribution in [3.63, 3.8) is 0 Å². The largest absolute Gasteiger partial charge is 0.381 e. The van der Waals surface area contributed by atoms with E-state index in [1.54, 1.807) is 0 Å². The van der Waals surface area contributed by atoms with Gasteiger partial charge in [0.15, 0.2) is 0 Å². The standard InChI is InChI=1S/C14H22N2/c1-11(2)6-5-7-13(4)16-14-10-15-9-8-12(14)3/h6,8-10,13,16H,5,7H2,1-4H3. The second-order valence-corrected chi connectivity index (χ2v) is 4.59. The Morgan fingerprint density at radius 3 is 2.88 bits per heavy atom. The fourth-order valence-corrected chi connectivity index (χ4v) is 1.57. The zero-order chi connectivity index (χ0) is 12.0. The molecule has 1 unspecified atom stereocenters. The second-order valence-electron chi connectivity index (χ2n) is 4.59. The molecule has 0 saturated heterocycles. The molecule has 88 valence electrons. The van der Waals surface area contributed by atoms with Gasteiger partial charge in [0.05, 0.1) is 11.9 Å². The first-order valence-corrected chi connectivity index (χ1v) is 5.90. The highest BCUT2D eigenvalue weighted by Gasteiger charge is 2.02. The van der Waals surface area contributed by atoms with Crippen molar-refractivity contribution in [2.45, 2.75) is 46.6 Å². The number of allylic oxidation sites excluding steroid dienone is 2. The van der Waals surface area contributed by atoms with Gasteiger partial charge in [-0.3, -0.25) is 4.98 Å². The van der Waals surface area contributed by atoms with E-state index in [2.05, 4.69) is 44.1 Å². The molecule has 2 heteroatoms. The maximum Gasteiger partial charge on any atom is 0.0558 e. The lowest BCUT2D eigenvalue weighted by molar-refractivity contribution is 0.715. The smallest absolute Gasteiger partial charge is 0.0558 e. The van der Waals surface area contributed by atoms with Crippen molar-refractivity contribution < 1.29 is 0 Å². The van der Waals surface area contributed by atoms with Gasteiger partial charge in [-0.1, -0.05) is 11.6 Å². The predicted molar refractivity (Wildman–Crippen MR) is 70.7 cm³/mol. The summed E-state index contributed by atoms with van der Waals surface area (Å²) in [5.74, 6) is 0. The highest BCUT2D eigenvalue weighted by Crippen LogP contribution is 2.14. The predicted octanol–water partition coefficient (Wildman–Crippen LogP) is 3.94. The summed E-state index contributed by atoms with van der Waals surface area (Å²) in [5.41, 5.74) is 3.79. The maximum atomic E-state index is 4.13. The second kappa shape index (κ2) is 6.31. The number of aromatic nitrogens is 1. The summed E-state index contributed by atoms with van der Waals surface area (Å²) in [7, 11) is 0. The Morgan fingerprint density at radius 2 is 2.25 bits per heavy atom. The Bertz CT molecular complexity index is 352. The summed E-state index contributed by atoms with van der Waals surface area (Å²) in [4.78, 5) is 4.13. The van der Waals surface area contributed by atoms with E-state index in [0.717, 1.165) is 18.5 Å². The number of hydrogen-bond acceptors (Lipinski definition) is 2. The molecule has 1 N–H and O–H groups in total. The van der Waals surface area contributed by atoms with Crippen LogP contribution in [0.2, 0.25) is 0 Å². The summed E-state index contributed by atoms with van der Waals surface area (Å²) in [6, 6.07) is 2.52. The Hall–Kier alpha value is -1.31. The Balaban J connectivity index is 2.43. The van der Waals surface area contributed by atoms with Crippen molar-refractivity contribution in [1.29, 1.82) is 0 Å². The molecule has 0 aliphatic carbocycles. The molecule has 1 aromatic heterocycles. The minimum atomic E-state index is 0.485. The van der Waals surface area contributed by atoms with E-state index in [0.29, 0.717) is 6.04 Å². The van der Waals surface area contributed by atoms with E-state index >= 15 is 0 Å². The van der Waals surface area contributed by atoms with Crippen molar-refractivity contribution >= 4 is 5.69 Å². The average Bonchev–Trinajstić information content (AvgIpc) is 2.21. The van der Waals surface area contributed by atoms with Crippen LogP contribution in [0.5, 0.6) is 0 Å². The number of nitrogens with zero attached hydrogens (tertiary/aromatic N) is 1. The van der Waals surface area contributed by atoms with Gasteiger partial charge in [0.2, 0.25) is 0 Å². The molecule has 1 aromatic rings. The highest BCUT2D eigenvalue weighted by molar-refractivity contribution is 5.48. The first kappa shape index (κ1) is 12.8. The van der Waals surface area contributed by atoms with Gasteiger partial charge in [0.1, 0.15) is 0 Å². The van der Waals surface area contributed by atoms with Crippen LogP contribution in [0.3, 0.4) is 0 Å². The van der Waals surface area contributed by atoms with Crippen molar-refractivity contribution in [1.82, 2.24) is 4.98 Å². The van der Waals surface area contributed by atoms with Crippen molar-refractivity contribution in [3.8, 4) is 0 Å². The van der Waals surface area contributed by atoms with Crippen LogP contribution < -0.4 is 5.32 Å². The van der Waals surface area contributed by atoms with E-state index in [1.165, 1.54) is 11.1 Å². The monoisotopic (exact) mass is 218 g/mol. The molecule has 0 amide bonds.